The van der Waals surface area contributed by atoms with E-state index >= 15 is 0 Å². The normalized spacial score (nSPS) is 18.3. The smallest absolute Gasteiger partial charge is 0.113 e. The molecule has 0 saturated carbocycles. The van der Waals surface area contributed by atoms with Gasteiger partial charge in [-0.3, -0.25) is 0 Å². The molecule has 0 fully saturated rings. The molecule has 15 heavy (non-hydrogen) atoms. The molecule has 0 bridgehead atoms. The minimum absolute atomic E-state index is 0.348. The van der Waals surface area contributed by atoms with Gasteiger partial charge in [0.1, 0.15) is 5.60 Å². The Balaban J connectivity index is 3.03. The Morgan fingerprint density at radius 3 is 1.87 bits per heavy atom. The molecule has 1 aromatic rings. The zero-order valence-corrected chi connectivity index (χ0v) is 9.86. The van der Waals surface area contributed by atoms with Crippen LogP contribution in [-0.4, -0.2) is 16.3 Å². The zero-order valence-electron chi connectivity index (χ0n) is 9.86. The molecule has 2 nitrogen and oxygen atoms in total. The molecular weight excluding hydrogens is 188 g/mol. The fourth-order valence-electron chi connectivity index (χ4n) is 1.78. The molecular formula is C13H20O2. The van der Waals surface area contributed by atoms with Gasteiger partial charge < -0.3 is 10.2 Å². The lowest BCUT2D eigenvalue weighted by molar-refractivity contribution is -0.115. The third-order valence-corrected chi connectivity index (χ3v) is 2.71. The van der Waals surface area contributed by atoms with Crippen molar-refractivity contribution in [1.29, 1.82) is 0 Å². The average Bonchev–Trinajstić information content (AvgIpc) is 2.16. The Labute approximate surface area is 91.6 Å². The summed E-state index contributed by atoms with van der Waals surface area (Å²) in [6.07, 6.45) is -0.799. The molecule has 0 aliphatic rings. The van der Waals surface area contributed by atoms with E-state index in [-0.39, 0.29) is 5.41 Å². The highest BCUT2D eigenvalue weighted by Gasteiger charge is 2.39. The number of benzene rings is 1. The SMILES string of the molecule is CC(C)(C)C(O)C(C)(O)c1ccccc1. The molecule has 0 aliphatic heterocycles. The van der Waals surface area contributed by atoms with Crippen LogP contribution in [0.3, 0.4) is 0 Å². The average molecular weight is 208 g/mol. The lowest BCUT2D eigenvalue weighted by Crippen LogP contribution is -2.44. The molecule has 0 amide bonds. The number of hydrogen-bond acceptors (Lipinski definition) is 2. The summed E-state index contributed by atoms with van der Waals surface area (Å²) in [4.78, 5) is 0. The Hall–Kier alpha value is -0.860. The maximum absolute atomic E-state index is 10.3. The standard InChI is InChI=1S/C13H20O2/c1-12(2,3)11(14)13(4,15)10-8-6-5-7-9-10/h5-9,11,14-15H,1-4H3. The van der Waals surface area contributed by atoms with Gasteiger partial charge in [-0.1, -0.05) is 51.1 Å². The molecule has 2 atom stereocenters. The van der Waals surface area contributed by atoms with Crippen LogP contribution in [-0.2, 0) is 5.60 Å². The quantitative estimate of drug-likeness (QED) is 0.783. The summed E-state index contributed by atoms with van der Waals surface area (Å²) in [6, 6.07) is 9.27. The van der Waals surface area contributed by atoms with Crippen molar-refractivity contribution in [3.8, 4) is 0 Å². The number of aliphatic hydroxyl groups excluding tert-OH is 1. The predicted molar refractivity (Wildman–Crippen MR) is 61.5 cm³/mol. The van der Waals surface area contributed by atoms with E-state index in [4.69, 9.17) is 0 Å². The van der Waals surface area contributed by atoms with Gasteiger partial charge in [0, 0.05) is 0 Å². The van der Waals surface area contributed by atoms with Crippen LogP contribution in [0.2, 0.25) is 0 Å². The van der Waals surface area contributed by atoms with Gasteiger partial charge in [0.2, 0.25) is 0 Å². The Morgan fingerprint density at radius 2 is 1.47 bits per heavy atom. The lowest BCUT2D eigenvalue weighted by atomic mass is 9.76. The second-order valence-electron chi connectivity index (χ2n) is 5.28. The number of aliphatic hydroxyl groups is 2. The highest BCUT2D eigenvalue weighted by atomic mass is 16.3. The largest absolute Gasteiger partial charge is 0.389 e. The van der Waals surface area contributed by atoms with Gasteiger partial charge in [0.05, 0.1) is 6.10 Å². The topological polar surface area (TPSA) is 40.5 Å². The minimum atomic E-state index is -1.21. The van der Waals surface area contributed by atoms with E-state index in [1.807, 2.05) is 51.1 Å². The van der Waals surface area contributed by atoms with Crippen molar-refractivity contribution in [3.05, 3.63) is 35.9 Å². The summed E-state index contributed by atoms with van der Waals surface area (Å²) in [6.45, 7) is 7.39. The molecule has 2 N–H and O–H groups in total. The Morgan fingerprint density at radius 1 is 1.00 bits per heavy atom. The van der Waals surface area contributed by atoms with Crippen molar-refractivity contribution in [2.24, 2.45) is 5.41 Å². The first kappa shape index (κ1) is 12.2. The minimum Gasteiger partial charge on any atom is -0.389 e. The summed E-state index contributed by atoms with van der Waals surface area (Å²) in [5, 5.41) is 20.5. The second-order valence-corrected chi connectivity index (χ2v) is 5.28. The molecule has 0 radical (unpaired) electrons. The van der Waals surface area contributed by atoms with E-state index in [0.29, 0.717) is 0 Å². The van der Waals surface area contributed by atoms with Crippen LogP contribution in [0.25, 0.3) is 0 Å². The van der Waals surface area contributed by atoms with E-state index in [9.17, 15) is 10.2 Å². The first-order valence-electron chi connectivity index (χ1n) is 5.22. The van der Waals surface area contributed by atoms with E-state index in [0.717, 1.165) is 5.56 Å². The van der Waals surface area contributed by atoms with Crippen molar-refractivity contribution in [3.63, 3.8) is 0 Å². The van der Waals surface area contributed by atoms with Crippen molar-refractivity contribution in [2.75, 3.05) is 0 Å². The van der Waals surface area contributed by atoms with Crippen LogP contribution >= 0.6 is 0 Å². The third kappa shape index (κ3) is 2.58. The van der Waals surface area contributed by atoms with Gasteiger partial charge in [-0.05, 0) is 17.9 Å². The molecule has 2 heteroatoms. The third-order valence-electron chi connectivity index (χ3n) is 2.71. The molecule has 0 saturated heterocycles. The molecule has 1 aromatic carbocycles. The summed E-state index contributed by atoms with van der Waals surface area (Å²) in [5.41, 5.74) is -0.814. The summed E-state index contributed by atoms with van der Waals surface area (Å²) >= 11 is 0. The number of rotatable bonds is 2. The van der Waals surface area contributed by atoms with Crippen molar-refractivity contribution < 1.29 is 10.2 Å². The van der Waals surface area contributed by atoms with Crippen LogP contribution in [0, 0.1) is 5.41 Å². The predicted octanol–water partition coefficient (Wildman–Crippen LogP) is 2.30. The van der Waals surface area contributed by atoms with Crippen molar-refractivity contribution in [2.45, 2.75) is 39.4 Å². The molecule has 1 rings (SSSR count). The molecule has 0 aliphatic carbocycles. The molecule has 0 aromatic heterocycles. The van der Waals surface area contributed by atoms with Crippen LogP contribution in [0.15, 0.2) is 30.3 Å². The first-order chi connectivity index (χ1) is 6.76. The lowest BCUT2D eigenvalue weighted by Gasteiger charge is -2.38. The second kappa shape index (κ2) is 3.95. The van der Waals surface area contributed by atoms with E-state index < -0.39 is 11.7 Å². The van der Waals surface area contributed by atoms with Crippen molar-refractivity contribution >= 4 is 0 Å². The first-order valence-corrected chi connectivity index (χ1v) is 5.22. The fourth-order valence-corrected chi connectivity index (χ4v) is 1.78. The van der Waals surface area contributed by atoms with E-state index in [1.165, 1.54) is 0 Å². The maximum Gasteiger partial charge on any atom is 0.113 e. The van der Waals surface area contributed by atoms with Gasteiger partial charge in [0.15, 0.2) is 0 Å². The van der Waals surface area contributed by atoms with Crippen LogP contribution in [0.1, 0.15) is 33.3 Å². The summed E-state index contributed by atoms with van der Waals surface area (Å²) in [7, 11) is 0. The van der Waals surface area contributed by atoms with Crippen LogP contribution < -0.4 is 0 Å². The maximum atomic E-state index is 10.3. The Kier molecular flexibility index (Phi) is 3.22. The van der Waals surface area contributed by atoms with Gasteiger partial charge >= 0.3 is 0 Å². The van der Waals surface area contributed by atoms with Gasteiger partial charge in [-0.15, -0.1) is 0 Å². The Bertz CT molecular complexity index is 309. The zero-order chi connectivity index (χ0) is 11.7. The molecule has 84 valence electrons. The van der Waals surface area contributed by atoms with Gasteiger partial charge in [0.25, 0.3) is 0 Å². The van der Waals surface area contributed by atoms with Crippen molar-refractivity contribution in [1.82, 2.24) is 0 Å². The highest BCUT2D eigenvalue weighted by molar-refractivity contribution is 5.23. The van der Waals surface area contributed by atoms with Crippen LogP contribution in [0.5, 0.6) is 0 Å². The summed E-state index contributed by atoms with van der Waals surface area (Å²) in [5.74, 6) is 0. The molecule has 0 heterocycles. The van der Waals surface area contributed by atoms with Gasteiger partial charge in [-0.25, -0.2) is 0 Å². The highest BCUT2D eigenvalue weighted by Crippen LogP contribution is 2.34. The van der Waals surface area contributed by atoms with Crippen LogP contribution in [0.4, 0.5) is 0 Å². The fraction of sp³-hybridized carbons (Fsp3) is 0.538. The van der Waals surface area contributed by atoms with E-state index in [1.54, 1.807) is 6.92 Å². The summed E-state index contributed by atoms with van der Waals surface area (Å²) < 4.78 is 0. The molecule has 2 unspecified atom stereocenters. The monoisotopic (exact) mass is 208 g/mol. The molecule has 0 spiro atoms. The number of hydrogen-bond donors (Lipinski definition) is 2. The van der Waals surface area contributed by atoms with Gasteiger partial charge in [-0.2, -0.15) is 0 Å². The van der Waals surface area contributed by atoms with E-state index in [2.05, 4.69) is 0 Å².